The summed E-state index contributed by atoms with van der Waals surface area (Å²) in [7, 11) is 0. The summed E-state index contributed by atoms with van der Waals surface area (Å²) < 4.78 is 0. The Hall–Kier alpha value is -1.54. The molecule has 0 fully saturated rings. The summed E-state index contributed by atoms with van der Waals surface area (Å²) in [5.74, 6) is 0. The first-order valence-electron chi connectivity index (χ1n) is 5.16. The van der Waals surface area contributed by atoms with Crippen LogP contribution in [0.5, 0.6) is 0 Å². The van der Waals surface area contributed by atoms with Gasteiger partial charge in [-0.25, -0.2) is 0 Å². The third kappa shape index (κ3) is 2.48. The van der Waals surface area contributed by atoms with E-state index in [9.17, 15) is 0 Å². The van der Waals surface area contributed by atoms with E-state index in [1.54, 1.807) is 6.92 Å². The van der Waals surface area contributed by atoms with Crippen molar-refractivity contribution in [1.82, 2.24) is 0 Å². The first-order valence-corrected chi connectivity index (χ1v) is 5.16. The molecule has 78 valence electrons. The van der Waals surface area contributed by atoms with Gasteiger partial charge < -0.3 is 10.4 Å². The quantitative estimate of drug-likeness (QED) is 0.800. The Kier molecular flexibility index (Phi) is 2.88. The zero-order chi connectivity index (χ0) is 10.7. The highest BCUT2D eigenvalue weighted by atomic mass is 16.3. The summed E-state index contributed by atoms with van der Waals surface area (Å²) in [6, 6.07) is 14.4. The zero-order valence-electron chi connectivity index (χ0n) is 8.77. The molecule has 2 aromatic carbocycles. The molecule has 1 atom stereocenters. The molecule has 2 N–H and O–H groups in total. The molecule has 0 aliphatic rings. The van der Waals surface area contributed by atoms with Crippen LogP contribution in [0.2, 0.25) is 0 Å². The number of hydrogen-bond acceptors (Lipinski definition) is 2. The topological polar surface area (TPSA) is 32.3 Å². The number of hydrogen-bond donors (Lipinski definition) is 2. The molecule has 0 amide bonds. The van der Waals surface area contributed by atoms with Gasteiger partial charge in [0.05, 0.1) is 6.10 Å². The molecule has 15 heavy (non-hydrogen) atoms. The Morgan fingerprint density at radius 3 is 2.60 bits per heavy atom. The molecule has 0 unspecified atom stereocenters. The van der Waals surface area contributed by atoms with Crippen LogP contribution in [-0.2, 0) is 0 Å². The molecule has 0 saturated heterocycles. The standard InChI is InChI=1S/C13H15NO/c1-10(15)9-14-13-7-6-11-4-2-3-5-12(11)8-13/h2-8,10,14-15H,9H2,1H3/t10-/m0/s1. The predicted molar refractivity (Wildman–Crippen MR) is 64.1 cm³/mol. The Morgan fingerprint density at radius 1 is 1.13 bits per heavy atom. The molecule has 0 aliphatic heterocycles. The van der Waals surface area contributed by atoms with Crippen molar-refractivity contribution in [3.8, 4) is 0 Å². The van der Waals surface area contributed by atoms with E-state index in [1.807, 2.05) is 18.2 Å². The van der Waals surface area contributed by atoms with Crippen molar-refractivity contribution < 1.29 is 5.11 Å². The van der Waals surface area contributed by atoms with Gasteiger partial charge in [-0.1, -0.05) is 30.3 Å². The van der Waals surface area contributed by atoms with Crippen LogP contribution >= 0.6 is 0 Å². The first-order chi connectivity index (χ1) is 7.25. The van der Waals surface area contributed by atoms with Crippen LogP contribution < -0.4 is 5.32 Å². The Bertz CT molecular complexity index is 451. The van der Waals surface area contributed by atoms with Crippen LogP contribution in [0, 0.1) is 0 Å². The van der Waals surface area contributed by atoms with Gasteiger partial charge >= 0.3 is 0 Å². The maximum Gasteiger partial charge on any atom is 0.0684 e. The fourth-order valence-corrected chi connectivity index (χ4v) is 1.56. The van der Waals surface area contributed by atoms with Crippen molar-refractivity contribution >= 4 is 16.5 Å². The highest BCUT2D eigenvalue weighted by molar-refractivity contribution is 5.85. The van der Waals surface area contributed by atoms with Crippen molar-refractivity contribution in [2.45, 2.75) is 13.0 Å². The van der Waals surface area contributed by atoms with Crippen LogP contribution in [0.4, 0.5) is 5.69 Å². The second-order valence-corrected chi connectivity index (χ2v) is 3.79. The minimum atomic E-state index is -0.323. The van der Waals surface area contributed by atoms with E-state index < -0.39 is 0 Å². The van der Waals surface area contributed by atoms with Crippen molar-refractivity contribution in [3.05, 3.63) is 42.5 Å². The number of anilines is 1. The Labute approximate surface area is 89.6 Å². The molecule has 2 rings (SSSR count). The third-order valence-electron chi connectivity index (χ3n) is 2.35. The Balaban J connectivity index is 2.23. The van der Waals surface area contributed by atoms with Gasteiger partial charge in [0, 0.05) is 12.2 Å². The van der Waals surface area contributed by atoms with Crippen LogP contribution in [0.15, 0.2) is 42.5 Å². The molecule has 0 aliphatic carbocycles. The molecule has 0 heterocycles. The van der Waals surface area contributed by atoms with Crippen molar-refractivity contribution in [2.75, 3.05) is 11.9 Å². The van der Waals surface area contributed by atoms with Gasteiger partial charge in [-0.3, -0.25) is 0 Å². The summed E-state index contributed by atoms with van der Waals surface area (Å²) in [5.41, 5.74) is 1.05. The summed E-state index contributed by atoms with van der Waals surface area (Å²) in [5, 5.41) is 14.8. The molecule has 2 nitrogen and oxygen atoms in total. The number of aliphatic hydroxyl groups is 1. The molecule has 0 spiro atoms. The molecule has 0 bridgehead atoms. The molecule has 0 saturated carbocycles. The number of aliphatic hydroxyl groups excluding tert-OH is 1. The fraction of sp³-hybridized carbons (Fsp3) is 0.231. The van der Waals surface area contributed by atoms with Crippen molar-refractivity contribution in [2.24, 2.45) is 0 Å². The van der Waals surface area contributed by atoms with Crippen LogP contribution in [0.3, 0.4) is 0 Å². The zero-order valence-corrected chi connectivity index (χ0v) is 8.77. The molecular weight excluding hydrogens is 186 g/mol. The first kappa shape index (κ1) is 9.99. The number of benzene rings is 2. The highest BCUT2D eigenvalue weighted by Crippen LogP contribution is 2.18. The monoisotopic (exact) mass is 201 g/mol. The maximum absolute atomic E-state index is 9.16. The lowest BCUT2D eigenvalue weighted by atomic mass is 10.1. The average Bonchev–Trinajstić information content (AvgIpc) is 2.26. The normalized spacial score (nSPS) is 12.7. The van der Waals surface area contributed by atoms with E-state index >= 15 is 0 Å². The van der Waals surface area contributed by atoms with Crippen LogP contribution in [-0.4, -0.2) is 17.8 Å². The SMILES string of the molecule is C[C@H](O)CNc1ccc2ccccc2c1. The minimum Gasteiger partial charge on any atom is -0.392 e. The number of fused-ring (bicyclic) bond motifs is 1. The summed E-state index contributed by atoms with van der Waals surface area (Å²) in [4.78, 5) is 0. The molecule has 0 radical (unpaired) electrons. The van der Waals surface area contributed by atoms with Crippen LogP contribution in [0.25, 0.3) is 10.8 Å². The smallest absolute Gasteiger partial charge is 0.0684 e. The van der Waals surface area contributed by atoms with Gasteiger partial charge in [0.1, 0.15) is 0 Å². The van der Waals surface area contributed by atoms with E-state index in [-0.39, 0.29) is 6.10 Å². The Morgan fingerprint density at radius 2 is 1.87 bits per heavy atom. The maximum atomic E-state index is 9.16. The largest absolute Gasteiger partial charge is 0.392 e. The van der Waals surface area contributed by atoms with Gasteiger partial charge in [-0.2, -0.15) is 0 Å². The van der Waals surface area contributed by atoms with Gasteiger partial charge in [-0.15, -0.1) is 0 Å². The fourth-order valence-electron chi connectivity index (χ4n) is 1.56. The lowest BCUT2D eigenvalue weighted by molar-refractivity contribution is 0.208. The number of rotatable bonds is 3. The predicted octanol–water partition coefficient (Wildman–Crippen LogP) is 2.63. The molecule has 2 aromatic rings. The number of nitrogens with one attached hydrogen (secondary N) is 1. The molecule has 0 aromatic heterocycles. The minimum absolute atomic E-state index is 0.323. The van der Waals surface area contributed by atoms with Gasteiger partial charge in [0.15, 0.2) is 0 Å². The van der Waals surface area contributed by atoms with Crippen LogP contribution in [0.1, 0.15) is 6.92 Å². The molecular formula is C13H15NO. The summed E-state index contributed by atoms with van der Waals surface area (Å²) in [6.07, 6.45) is -0.323. The van der Waals surface area contributed by atoms with Crippen molar-refractivity contribution in [3.63, 3.8) is 0 Å². The summed E-state index contributed by atoms with van der Waals surface area (Å²) in [6.45, 7) is 2.35. The van der Waals surface area contributed by atoms with Crippen molar-refractivity contribution in [1.29, 1.82) is 0 Å². The van der Waals surface area contributed by atoms with E-state index in [0.29, 0.717) is 6.54 Å². The van der Waals surface area contributed by atoms with Gasteiger partial charge in [0.2, 0.25) is 0 Å². The summed E-state index contributed by atoms with van der Waals surface area (Å²) >= 11 is 0. The lowest BCUT2D eigenvalue weighted by Crippen LogP contribution is -2.15. The van der Waals surface area contributed by atoms with E-state index in [1.165, 1.54) is 10.8 Å². The third-order valence-corrected chi connectivity index (χ3v) is 2.35. The second kappa shape index (κ2) is 4.32. The van der Waals surface area contributed by atoms with E-state index in [0.717, 1.165) is 5.69 Å². The van der Waals surface area contributed by atoms with E-state index in [2.05, 4.69) is 29.6 Å². The van der Waals surface area contributed by atoms with Gasteiger partial charge in [-0.05, 0) is 29.8 Å². The lowest BCUT2D eigenvalue weighted by Gasteiger charge is -2.09. The average molecular weight is 201 g/mol. The van der Waals surface area contributed by atoms with E-state index in [4.69, 9.17) is 5.11 Å². The van der Waals surface area contributed by atoms with Gasteiger partial charge in [0.25, 0.3) is 0 Å². The second-order valence-electron chi connectivity index (χ2n) is 3.79. The molecule has 2 heteroatoms. The highest BCUT2D eigenvalue weighted by Gasteiger charge is 1.97.